The largest absolute Gasteiger partial charge is 0.458 e. The van der Waals surface area contributed by atoms with E-state index in [1.807, 2.05) is 6.92 Å². The standard InChI is InChI=1S/C39H48F2N8O9/c1-20-12-31-38(56)58-22(3)32(46-33(51)28(15-23-13-24(40)16-25(41)14-23)45-39(57)44-26-7-9-42-10-8-26)37(55)49-19-27(50)17-30(49)36(54)47-11-5-4-6-29(47)34(52)43-21(2)35(53)48(31)18-20/h7-10,13-14,16,20-22,27-32,50H,4-6,11-12,15,17-19H2,1-3H3,(H,43,52)(H,46,51)(H2,42,44,45,57)/t20-,21+,22+,27-,28+,29+,30+,31+,32+/m1/s1. The molecular weight excluding hydrogens is 762 g/mol. The van der Waals surface area contributed by atoms with Crippen LogP contribution in [0.1, 0.15) is 58.4 Å². The van der Waals surface area contributed by atoms with E-state index in [0.717, 1.165) is 17.0 Å². The lowest BCUT2D eigenvalue weighted by Crippen LogP contribution is -2.63. The highest BCUT2D eigenvalue weighted by Gasteiger charge is 2.49. The molecule has 17 nitrogen and oxygen atoms in total. The third-order valence-electron chi connectivity index (χ3n) is 11.0. The molecule has 0 spiro atoms. The van der Waals surface area contributed by atoms with Crippen LogP contribution in [0.2, 0.25) is 0 Å². The summed E-state index contributed by atoms with van der Waals surface area (Å²) in [7, 11) is 0. The summed E-state index contributed by atoms with van der Waals surface area (Å²) < 4.78 is 34.4. The number of hydrogen-bond acceptors (Lipinski definition) is 10. The van der Waals surface area contributed by atoms with Gasteiger partial charge in [0.2, 0.25) is 29.5 Å². The summed E-state index contributed by atoms with van der Waals surface area (Å²) in [4.78, 5) is 105. The quantitative estimate of drug-likeness (QED) is 0.256. The number of cyclic esters (lactones) is 1. The number of nitrogens with one attached hydrogen (secondary N) is 4. The fourth-order valence-electron chi connectivity index (χ4n) is 8.16. The van der Waals surface area contributed by atoms with Crippen LogP contribution in [0.4, 0.5) is 19.3 Å². The number of nitrogens with zero attached hydrogens (tertiary/aromatic N) is 4. The Bertz CT molecular complexity index is 1900. The summed E-state index contributed by atoms with van der Waals surface area (Å²) in [5, 5.41) is 21.1. The molecule has 4 aliphatic heterocycles. The Kier molecular flexibility index (Phi) is 12.9. The molecule has 312 valence electrons. The minimum Gasteiger partial charge on any atom is -0.458 e. The minimum atomic E-state index is -1.75. The second-order valence-corrected chi connectivity index (χ2v) is 15.5. The molecule has 1 aromatic carbocycles. The van der Waals surface area contributed by atoms with Gasteiger partial charge in [0.25, 0.3) is 0 Å². The van der Waals surface area contributed by atoms with E-state index >= 15 is 0 Å². The molecule has 1 aromatic heterocycles. The first-order valence-corrected chi connectivity index (χ1v) is 19.4. The highest BCUT2D eigenvalue weighted by molar-refractivity contribution is 5.99. The maximum Gasteiger partial charge on any atom is 0.329 e. The van der Waals surface area contributed by atoms with Crippen LogP contribution in [-0.2, 0) is 39.9 Å². The molecule has 5 N–H and O–H groups in total. The van der Waals surface area contributed by atoms with Gasteiger partial charge in [0.15, 0.2) is 0 Å². The second kappa shape index (κ2) is 17.8. The highest BCUT2D eigenvalue weighted by Crippen LogP contribution is 2.29. The smallest absolute Gasteiger partial charge is 0.329 e. The number of halogens is 2. The number of rotatable bonds is 6. The molecule has 0 unspecified atom stereocenters. The molecule has 4 saturated heterocycles. The van der Waals surface area contributed by atoms with Crippen LogP contribution in [0.25, 0.3) is 0 Å². The predicted molar refractivity (Wildman–Crippen MR) is 200 cm³/mol. The van der Waals surface area contributed by atoms with Gasteiger partial charge in [0, 0.05) is 56.6 Å². The van der Waals surface area contributed by atoms with Crippen LogP contribution in [-0.4, -0.2) is 134 Å². The van der Waals surface area contributed by atoms with Crippen LogP contribution in [0.15, 0.2) is 42.7 Å². The number of ether oxygens (including phenoxy) is 1. The zero-order valence-corrected chi connectivity index (χ0v) is 32.4. The van der Waals surface area contributed by atoms with Gasteiger partial charge in [-0.3, -0.25) is 29.0 Å². The van der Waals surface area contributed by atoms with E-state index in [-0.39, 0.29) is 50.4 Å². The van der Waals surface area contributed by atoms with E-state index < -0.39 is 108 Å². The highest BCUT2D eigenvalue weighted by atomic mass is 19.1. The lowest BCUT2D eigenvalue weighted by molar-refractivity contribution is -0.163. The number of aliphatic hydroxyl groups excluding tert-OH is 1. The van der Waals surface area contributed by atoms with Gasteiger partial charge in [0.05, 0.1) is 6.10 Å². The van der Waals surface area contributed by atoms with Crippen molar-refractivity contribution in [2.24, 2.45) is 5.92 Å². The van der Waals surface area contributed by atoms with Crippen LogP contribution in [0, 0.1) is 17.6 Å². The number of amides is 7. The molecule has 0 bridgehead atoms. The topological polar surface area (TPSA) is 220 Å². The molecule has 58 heavy (non-hydrogen) atoms. The number of hydrogen-bond donors (Lipinski definition) is 5. The number of urea groups is 1. The van der Waals surface area contributed by atoms with Gasteiger partial charge in [-0.1, -0.05) is 6.92 Å². The molecule has 2 aromatic rings. The Hall–Kier alpha value is -5.72. The summed E-state index contributed by atoms with van der Waals surface area (Å²) in [6.07, 6.45) is 1.19. The first-order valence-electron chi connectivity index (χ1n) is 19.4. The maximum absolute atomic E-state index is 14.7. The zero-order chi connectivity index (χ0) is 41.8. The molecule has 6 rings (SSSR count). The van der Waals surface area contributed by atoms with Gasteiger partial charge in [-0.2, -0.15) is 0 Å². The van der Waals surface area contributed by atoms with Crippen molar-refractivity contribution in [2.45, 2.75) is 108 Å². The van der Waals surface area contributed by atoms with E-state index in [2.05, 4.69) is 26.3 Å². The molecule has 5 heterocycles. The summed E-state index contributed by atoms with van der Waals surface area (Å²) in [5.74, 6) is -6.62. The summed E-state index contributed by atoms with van der Waals surface area (Å²) in [5.41, 5.74) is 0.282. The van der Waals surface area contributed by atoms with Gasteiger partial charge in [0.1, 0.15) is 54.0 Å². The SMILES string of the molecule is C[C@@H]1C[C@H]2C(=O)O[C@@H](C)[C@H](NC(=O)[C@H](Cc3cc(F)cc(F)c3)NC(=O)Nc3ccncc3)C(=O)N3C[C@H](O)C[C@H]3C(=O)N3CCCC[C@H]3C(=O)N[C@@H](C)C(=O)N2C1. The number of esters is 1. The number of pyridine rings is 1. The first-order chi connectivity index (χ1) is 27.6. The molecule has 0 radical (unpaired) electrons. The molecule has 7 amide bonds. The Morgan fingerprint density at radius 2 is 1.59 bits per heavy atom. The monoisotopic (exact) mass is 810 g/mol. The summed E-state index contributed by atoms with van der Waals surface area (Å²) in [6, 6.07) is -3.13. The molecule has 19 heteroatoms. The lowest BCUT2D eigenvalue weighted by atomic mass is 9.98. The average molecular weight is 811 g/mol. The normalized spacial score (nSPS) is 28.8. The van der Waals surface area contributed by atoms with Gasteiger partial charge >= 0.3 is 12.0 Å². The Labute approximate surface area is 333 Å². The maximum atomic E-state index is 14.7. The van der Waals surface area contributed by atoms with Crippen LogP contribution in [0.5, 0.6) is 0 Å². The van der Waals surface area contributed by atoms with Gasteiger partial charge in [-0.05, 0) is 75.3 Å². The Balaban J connectivity index is 1.36. The van der Waals surface area contributed by atoms with Crippen molar-refractivity contribution in [1.29, 1.82) is 0 Å². The number of fused-ring (bicyclic) bond motifs is 3. The van der Waals surface area contributed by atoms with Gasteiger partial charge in [-0.15, -0.1) is 0 Å². The Morgan fingerprint density at radius 3 is 2.29 bits per heavy atom. The number of benzene rings is 1. The molecule has 9 atom stereocenters. The molecule has 0 saturated carbocycles. The first kappa shape index (κ1) is 41.9. The minimum absolute atomic E-state index is 0.0200. The number of carbonyl (C=O) groups excluding carboxylic acids is 7. The van der Waals surface area contributed by atoms with E-state index in [9.17, 15) is 47.4 Å². The van der Waals surface area contributed by atoms with Crippen molar-refractivity contribution in [1.82, 2.24) is 35.6 Å². The number of anilines is 1. The molecule has 4 fully saturated rings. The second-order valence-electron chi connectivity index (χ2n) is 15.5. The number of aromatic nitrogens is 1. The molecule has 4 aliphatic rings. The van der Waals surface area contributed by atoms with Crippen LogP contribution < -0.4 is 21.3 Å². The van der Waals surface area contributed by atoms with Crippen LogP contribution >= 0.6 is 0 Å². The van der Waals surface area contributed by atoms with Crippen molar-refractivity contribution in [2.75, 3.05) is 25.0 Å². The van der Waals surface area contributed by atoms with E-state index in [1.54, 1.807) is 0 Å². The molecule has 0 aliphatic carbocycles. The average Bonchev–Trinajstić information content (AvgIpc) is 3.77. The van der Waals surface area contributed by atoms with E-state index in [1.165, 1.54) is 48.2 Å². The van der Waals surface area contributed by atoms with Crippen LogP contribution in [0.3, 0.4) is 0 Å². The predicted octanol–water partition coefficient (Wildman–Crippen LogP) is 0.607. The van der Waals surface area contributed by atoms with E-state index in [4.69, 9.17) is 4.74 Å². The fourth-order valence-corrected chi connectivity index (χ4v) is 8.16. The number of aliphatic hydroxyl groups is 1. The van der Waals surface area contributed by atoms with Crippen molar-refractivity contribution in [3.63, 3.8) is 0 Å². The summed E-state index contributed by atoms with van der Waals surface area (Å²) in [6.45, 7) is 4.66. The van der Waals surface area contributed by atoms with E-state index in [0.29, 0.717) is 24.6 Å². The number of piperidine rings is 1. The van der Waals surface area contributed by atoms with Crippen molar-refractivity contribution < 1.29 is 52.2 Å². The van der Waals surface area contributed by atoms with Gasteiger partial charge in [-0.25, -0.2) is 18.4 Å². The van der Waals surface area contributed by atoms with Crippen molar-refractivity contribution in [3.05, 3.63) is 59.9 Å². The molecular formula is C39H48F2N8O9. The fraction of sp³-hybridized carbons (Fsp3) is 0.538. The zero-order valence-electron chi connectivity index (χ0n) is 32.4. The third kappa shape index (κ3) is 9.52. The van der Waals surface area contributed by atoms with Crippen molar-refractivity contribution in [3.8, 4) is 0 Å². The lowest BCUT2D eigenvalue weighted by Gasteiger charge is -2.39. The summed E-state index contributed by atoms with van der Waals surface area (Å²) >= 11 is 0. The van der Waals surface area contributed by atoms with Gasteiger partial charge < -0.3 is 45.8 Å². The number of carbonyl (C=O) groups is 7. The van der Waals surface area contributed by atoms with Crippen molar-refractivity contribution >= 4 is 47.2 Å². The third-order valence-corrected chi connectivity index (χ3v) is 11.0. The Morgan fingerprint density at radius 1 is 0.897 bits per heavy atom.